The number of carbonyl (C=O) groups is 1. The number of imidazole rings is 1. The summed E-state index contributed by atoms with van der Waals surface area (Å²) in [7, 11) is 2.01. The van der Waals surface area contributed by atoms with Gasteiger partial charge < -0.3 is 9.47 Å². The summed E-state index contributed by atoms with van der Waals surface area (Å²) in [4.78, 5) is 19.2. The van der Waals surface area contributed by atoms with Gasteiger partial charge in [0.15, 0.2) is 0 Å². The number of hydrogen-bond donors (Lipinski definition) is 0. The molecule has 3 heterocycles. The fourth-order valence-corrected chi connectivity index (χ4v) is 4.09. The van der Waals surface area contributed by atoms with Gasteiger partial charge in [-0.25, -0.2) is 4.98 Å². The quantitative estimate of drug-likeness (QED) is 0.687. The van der Waals surface area contributed by atoms with E-state index in [-0.39, 0.29) is 5.91 Å². The zero-order chi connectivity index (χ0) is 19.5. The highest BCUT2D eigenvalue weighted by Crippen LogP contribution is 2.28. The lowest BCUT2D eigenvalue weighted by Crippen LogP contribution is -2.34. The highest BCUT2D eigenvalue weighted by Gasteiger charge is 2.24. The van der Waals surface area contributed by atoms with Crippen molar-refractivity contribution in [1.82, 2.24) is 24.2 Å². The number of aromatic nitrogens is 4. The second kappa shape index (κ2) is 8.00. The molecule has 0 N–H and O–H groups in total. The molecule has 0 radical (unpaired) electrons. The molecule has 0 saturated heterocycles. The topological polar surface area (TPSA) is 56.0 Å². The monoisotopic (exact) mass is 377 g/mol. The van der Waals surface area contributed by atoms with E-state index in [1.165, 1.54) is 11.3 Å². The highest BCUT2D eigenvalue weighted by molar-refractivity contribution is 5.76. The minimum Gasteiger partial charge on any atom is -0.342 e. The van der Waals surface area contributed by atoms with Crippen molar-refractivity contribution in [3.05, 3.63) is 59.8 Å². The molecule has 2 aromatic heterocycles. The van der Waals surface area contributed by atoms with Crippen molar-refractivity contribution in [1.29, 1.82) is 0 Å². The van der Waals surface area contributed by atoms with Gasteiger partial charge in [0, 0.05) is 75.2 Å². The maximum Gasteiger partial charge on any atom is 0.224 e. The molecule has 28 heavy (non-hydrogen) atoms. The first-order chi connectivity index (χ1) is 13.7. The summed E-state index contributed by atoms with van der Waals surface area (Å²) in [5.41, 5.74) is 4.73. The Bertz CT molecular complexity index is 957. The van der Waals surface area contributed by atoms with Crippen LogP contribution in [0.25, 0.3) is 11.3 Å². The summed E-state index contributed by atoms with van der Waals surface area (Å²) in [5, 5.41) is 4.77. The molecule has 0 unspecified atom stereocenters. The van der Waals surface area contributed by atoms with Gasteiger partial charge in [-0.05, 0) is 6.42 Å². The second-order valence-corrected chi connectivity index (χ2v) is 7.28. The number of aryl methyl sites for hydroxylation is 3. The Morgan fingerprint density at radius 1 is 1.14 bits per heavy atom. The van der Waals surface area contributed by atoms with Gasteiger partial charge in [-0.3, -0.25) is 9.48 Å². The predicted octanol–water partition coefficient (Wildman–Crippen LogP) is 2.86. The first kappa shape index (κ1) is 18.5. The van der Waals surface area contributed by atoms with Gasteiger partial charge in [0.25, 0.3) is 0 Å². The van der Waals surface area contributed by atoms with Crippen LogP contribution in [-0.2, 0) is 37.6 Å². The molecule has 0 saturated carbocycles. The molecule has 0 aliphatic carbocycles. The lowest BCUT2D eigenvalue weighted by Gasteiger charge is -2.21. The van der Waals surface area contributed by atoms with Crippen molar-refractivity contribution < 1.29 is 4.79 Å². The minimum absolute atomic E-state index is 0.220. The standard InChI is InChI=1S/C22H27N5O/c1-3-20-23-12-16-26(20)15-11-21(28)27-13-9-18-19(10-14-27)25(2)24-22(18)17-7-5-4-6-8-17/h4-8,12,16H,3,9-11,13-15H2,1-2H3. The molecule has 1 amide bonds. The fraction of sp³-hybridized carbons (Fsp3) is 0.409. The van der Waals surface area contributed by atoms with Gasteiger partial charge in [0.1, 0.15) is 5.82 Å². The fourth-order valence-electron chi connectivity index (χ4n) is 4.09. The van der Waals surface area contributed by atoms with E-state index in [0.717, 1.165) is 49.4 Å². The van der Waals surface area contributed by atoms with Gasteiger partial charge >= 0.3 is 0 Å². The highest BCUT2D eigenvalue weighted by atomic mass is 16.2. The molecule has 6 nitrogen and oxygen atoms in total. The zero-order valence-electron chi connectivity index (χ0n) is 16.6. The molecular weight excluding hydrogens is 350 g/mol. The molecule has 0 bridgehead atoms. The average molecular weight is 377 g/mol. The Labute approximate surface area is 165 Å². The number of benzene rings is 1. The van der Waals surface area contributed by atoms with Crippen LogP contribution < -0.4 is 0 Å². The SMILES string of the molecule is CCc1nccn1CCC(=O)N1CCc2c(-c3ccccc3)nn(C)c2CC1. The van der Waals surface area contributed by atoms with E-state index in [2.05, 4.69) is 28.6 Å². The Hall–Kier alpha value is -2.89. The van der Waals surface area contributed by atoms with Crippen molar-refractivity contribution in [2.45, 2.75) is 39.2 Å². The number of amides is 1. The third-order valence-corrected chi connectivity index (χ3v) is 5.61. The molecule has 0 atom stereocenters. The van der Waals surface area contributed by atoms with Crippen LogP contribution in [0.3, 0.4) is 0 Å². The van der Waals surface area contributed by atoms with Crippen LogP contribution in [0, 0.1) is 0 Å². The van der Waals surface area contributed by atoms with Gasteiger partial charge in [0.05, 0.1) is 5.69 Å². The Balaban J connectivity index is 1.45. The molecule has 0 spiro atoms. The van der Waals surface area contributed by atoms with Crippen molar-refractivity contribution in [3.8, 4) is 11.3 Å². The molecule has 3 aromatic rings. The van der Waals surface area contributed by atoms with Gasteiger partial charge in [-0.2, -0.15) is 5.10 Å². The predicted molar refractivity (Wildman–Crippen MR) is 109 cm³/mol. The van der Waals surface area contributed by atoms with Gasteiger partial charge in [-0.1, -0.05) is 37.3 Å². The molecule has 1 aliphatic rings. The Morgan fingerprint density at radius 3 is 2.71 bits per heavy atom. The maximum absolute atomic E-state index is 12.8. The number of carbonyl (C=O) groups excluding carboxylic acids is 1. The van der Waals surface area contributed by atoms with E-state index in [0.29, 0.717) is 13.0 Å². The molecule has 4 rings (SSSR count). The van der Waals surface area contributed by atoms with Crippen molar-refractivity contribution in [2.75, 3.05) is 13.1 Å². The molecule has 6 heteroatoms. The van der Waals surface area contributed by atoms with Crippen molar-refractivity contribution >= 4 is 5.91 Å². The largest absolute Gasteiger partial charge is 0.342 e. The summed E-state index contributed by atoms with van der Waals surface area (Å²) >= 11 is 0. The van der Waals surface area contributed by atoms with Crippen LogP contribution in [0.2, 0.25) is 0 Å². The van der Waals surface area contributed by atoms with Crippen LogP contribution in [0.1, 0.15) is 30.4 Å². The third kappa shape index (κ3) is 3.59. The lowest BCUT2D eigenvalue weighted by molar-refractivity contribution is -0.131. The van der Waals surface area contributed by atoms with Crippen LogP contribution in [-0.4, -0.2) is 43.2 Å². The first-order valence-electron chi connectivity index (χ1n) is 10.0. The number of hydrogen-bond acceptors (Lipinski definition) is 3. The van der Waals surface area contributed by atoms with Gasteiger partial charge in [-0.15, -0.1) is 0 Å². The molecule has 0 fully saturated rings. The van der Waals surface area contributed by atoms with Crippen LogP contribution >= 0.6 is 0 Å². The van der Waals surface area contributed by atoms with Crippen LogP contribution in [0.4, 0.5) is 0 Å². The first-order valence-corrected chi connectivity index (χ1v) is 10.0. The second-order valence-electron chi connectivity index (χ2n) is 7.28. The van der Waals surface area contributed by atoms with E-state index in [1.54, 1.807) is 0 Å². The molecule has 1 aliphatic heterocycles. The van der Waals surface area contributed by atoms with Crippen molar-refractivity contribution in [2.24, 2.45) is 7.05 Å². The normalized spacial score (nSPS) is 14.0. The van der Waals surface area contributed by atoms with Crippen molar-refractivity contribution in [3.63, 3.8) is 0 Å². The van der Waals surface area contributed by atoms with Gasteiger partial charge in [0.2, 0.25) is 5.91 Å². The summed E-state index contributed by atoms with van der Waals surface area (Å²) in [6.45, 7) is 4.29. The van der Waals surface area contributed by atoms with E-state index >= 15 is 0 Å². The lowest BCUT2D eigenvalue weighted by atomic mass is 10.0. The smallest absolute Gasteiger partial charge is 0.224 e. The maximum atomic E-state index is 12.8. The summed E-state index contributed by atoms with van der Waals surface area (Å²) in [6.07, 6.45) is 6.87. The minimum atomic E-state index is 0.220. The summed E-state index contributed by atoms with van der Waals surface area (Å²) in [6, 6.07) is 10.3. The molecular formula is C22H27N5O. The summed E-state index contributed by atoms with van der Waals surface area (Å²) < 4.78 is 4.08. The zero-order valence-corrected chi connectivity index (χ0v) is 16.6. The van der Waals surface area contributed by atoms with E-state index in [9.17, 15) is 4.79 Å². The van der Waals surface area contributed by atoms with E-state index < -0.39 is 0 Å². The third-order valence-electron chi connectivity index (χ3n) is 5.61. The number of fused-ring (bicyclic) bond motifs is 1. The molecule has 1 aromatic carbocycles. The van der Waals surface area contributed by atoms with E-state index in [4.69, 9.17) is 5.10 Å². The Morgan fingerprint density at radius 2 is 1.93 bits per heavy atom. The number of rotatable bonds is 5. The average Bonchev–Trinajstić information content (AvgIpc) is 3.23. The van der Waals surface area contributed by atoms with Crippen LogP contribution in [0.15, 0.2) is 42.7 Å². The molecule has 146 valence electrons. The number of nitrogens with zero attached hydrogens (tertiary/aromatic N) is 5. The summed E-state index contributed by atoms with van der Waals surface area (Å²) in [5.74, 6) is 1.26. The van der Waals surface area contributed by atoms with Crippen LogP contribution in [0.5, 0.6) is 0 Å². The Kier molecular flexibility index (Phi) is 5.28. The van der Waals surface area contributed by atoms with E-state index in [1.807, 2.05) is 47.2 Å².